The van der Waals surface area contributed by atoms with Crippen LogP contribution in [0.2, 0.25) is 0 Å². The molecule has 0 amide bonds. The lowest BCUT2D eigenvalue weighted by atomic mass is 9.76. The van der Waals surface area contributed by atoms with E-state index in [1.807, 2.05) is 0 Å². The second-order valence-electron chi connectivity index (χ2n) is 13.2. The molecule has 288 valence electrons. The molecule has 5 rings (SSSR count). The Morgan fingerprint density at radius 3 is 0.981 bits per heavy atom. The summed E-state index contributed by atoms with van der Waals surface area (Å²) in [5, 5.41) is 29.5. The zero-order valence-electron chi connectivity index (χ0n) is 31.6. The van der Waals surface area contributed by atoms with Gasteiger partial charge in [0.1, 0.15) is 26.2 Å². The second kappa shape index (κ2) is 20.1. The van der Waals surface area contributed by atoms with Gasteiger partial charge in [-0.15, -0.1) is 0 Å². The number of aromatic nitrogens is 4. The van der Waals surface area contributed by atoms with E-state index < -0.39 is 10.2 Å². The lowest BCUT2D eigenvalue weighted by Crippen LogP contribution is -3.06. The lowest BCUT2D eigenvalue weighted by Gasteiger charge is -2.30. The third-order valence-corrected chi connectivity index (χ3v) is 9.78. The maximum absolute atomic E-state index is 9.82. The summed E-state index contributed by atoms with van der Waals surface area (Å²) in [5.41, 5.74) is 10.5. The van der Waals surface area contributed by atoms with Gasteiger partial charge in [0.25, 0.3) is 0 Å². The Kier molecular flexibility index (Phi) is 16.6. The van der Waals surface area contributed by atoms with E-state index in [2.05, 4.69) is 115 Å². The van der Waals surface area contributed by atoms with E-state index in [4.69, 9.17) is 30.6 Å². The summed E-state index contributed by atoms with van der Waals surface area (Å²) in [4.78, 5) is 44.6. The third-order valence-electron chi connectivity index (χ3n) is 9.78. The van der Waals surface area contributed by atoms with Gasteiger partial charge in [0.15, 0.2) is 0 Å². The smallest absolute Gasteiger partial charge is 0.302 e. The fraction of sp³-hybridized carbons (Fsp3) is 0.528. The Hall–Kier alpha value is -5.09. The topological polar surface area (TPSA) is 231 Å². The first-order chi connectivity index (χ1) is 24.6. The van der Waals surface area contributed by atoms with Crippen molar-refractivity contribution in [2.75, 3.05) is 20.7 Å². The lowest BCUT2D eigenvalue weighted by molar-refractivity contribution is -0.908. The van der Waals surface area contributed by atoms with E-state index in [9.17, 15) is 4.79 Å². The molecule has 0 fully saturated rings. The van der Waals surface area contributed by atoms with E-state index in [1.165, 1.54) is 62.3 Å². The van der Waals surface area contributed by atoms with Gasteiger partial charge < -0.3 is 65.1 Å². The summed E-state index contributed by atoms with van der Waals surface area (Å²) in [5.74, 6) is -0.211. The number of quaternary nitrogens is 2. The van der Waals surface area contributed by atoms with Crippen molar-refractivity contribution in [3.63, 3.8) is 0 Å². The standard InChI is InChI=1S/C32H46N6.C4H8O2.2NO3/c1-7-31(8-2)27-15-11-23(33-27)19-37(5)21-25-13-17-29(35-25)32(9-3,10-4)30-18-14-26(36-30)22-38(6)20-24-12-16-28(31)34-24;1-3-6-4(2)5;2*2-1(3)4/h11-18,33-36H,7-10,19-22H2,1-6H3;3H2,1-2H3;;/q;;2*-1/p+2. The first-order valence-corrected chi connectivity index (χ1v) is 17.7. The molecule has 6 N–H and O–H groups in total. The van der Waals surface area contributed by atoms with Crippen LogP contribution in [-0.4, -0.2) is 56.8 Å². The van der Waals surface area contributed by atoms with Crippen LogP contribution in [-0.2, 0) is 46.5 Å². The number of carbonyl (C=O) groups is 1. The molecule has 0 saturated carbocycles. The normalized spacial score (nSPS) is 17.4. The van der Waals surface area contributed by atoms with Crippen LogP contribution in [0.15, 0.2) is 48.5 Å². The van der Waals surface area contributed by atoms with Crippen molar-refractivity contribution in [2.24, 2.45) is 0 Å². The number of aromatic amines is 4. The summed E-state index contributed by atoms with van der Waals surface area (Å²) in [6.07, 6.45) is 4.23. The Balaban J connectivity index is 0.000000571. The Labute approximate surface area is 304 Å². The molecule has 8 bridgehead atoms. The number of rotatable bonds is 5. The van der Waals surface area contributed by atoms with E-state index in [1.54, 1.807) is 6.92 Å². The summed E-state index contributed by atoms with van der Waals surface area (Å²) in [6, 6.07) is 18.5. The van der Waals surface area contributed by atoms with Gasteiger partial charge in [0, 0.05) is 40.5 Å². The first kappa shape index (κ1) is 43.1. The van der Waals surface area contributed by atoms with Gasteiger partial charge in [0.2, 0.25) is 0 Å². The highest BCUT2D eigenvalue weighted by molar-refractivity contribution is 5.65. The SMILES string of the molecule is CCC1(CC)c2ccc([nH]2)C[NH+](C)Cc2ccc([nH]2)C(CC)(CC)c2ccc([nH]2)C[NH+](C)Cc2ccc1[nH]2.CCOC(C)=O.O=[N+]([O-])[O-].O=[N+]([O-])[O-]. The molecule has 1 aliphatic heterocycles. The maximum Gasteiger partial charge on any atom is 0.302 e. The quantitative estimate of drug-likeness (QED) is 0.0995. The number of nitrogens with one attached hydrogen (secondary N) is 6. The molecule has 16 heteroatoms. The van der Waals surface area contributed by atoms with Crippen LogP contribution in [0.3, 0.4) is 0 Å². The Morgan fingerprint density at radius 1 is 0.596 bits per heavy atom. The maximum atomic E-state index is 9.82. The van der Waals surface area contributed by atoms with Gasteiger partial charge in [-0.3, -0.25) is 4.79 Å². The summed E-state index contributed by atoms with van der Waals surface area (Å²) >= 11 is 0. The number of ether oxygens (including phenoxy) is 1. The van der Waals surface area contributed by atoms with Crippen LogP contribution in [0, 0.1) is 30.6 Å². The first-order valence-electron chi connectivity index (χ1n) is 17.7. The van der Waals surface area contributed by atoms with Crippen molar-refractivity contribution in [1.29, 1.82) is 0 Å². The zero-order valence-corrected chi connectivity index (χ0v) is 31.6. The van der Waals surface area contributed by atoms with Crippen LogP contribution in [0.5, 0.6) is 0 Å². The zero-order chi connectivity index (χ0) is 39.1. The molecule has 0 aromatic carbocycles. The van der Waals surface area contributed by atoms with Gasteiger partial charge in [0.05, 0.1) is 53.7 Å². The summed E-state index contributed by atoms with van der Waals surface area (Å²) in [6.45, 7) is 16.8. The molecular weight excluding hydrogens is 672 g/mol. The third kappa shape index (κ3) is 11.7. The molecule has 0 radical (unpaired) electrons. The molecule has 1 aliphatic rings. The van der Waals surface area contributed by atoms with Crippen LogP contribution in [0.25, 0.3) is 0 Å². The van der Waals surface area contributed by atoms with Crippen molar-refractivity contribution in [3.8, 4) is 0 Å². The van der Waals surface area contributed by atoms with Crippen LogP contribution in [0.1, 0.15) is 113 Å². The number of hydrogen-bond donors (Lipinski definition) is 6. The van der Waals surface area contributed by atoms with Crippen LogP contribution in [0.4, 0.5) is 0 Å². The Bertz CT molecular complexity index is 1470. The van der Waals surface area contributed by atoms with E-state index >= 15 is 0 Å². The Morgan fingerprint density at radius 2 is 0.827 bits per heavy atom. The van der Waals surface area contributed by atoms with E-state index in [0.29, 0.717) is 6.61 Å². The molecule has 0 spiro atoms. The minimum atomic E-state index is -1.75. The highest BCUT2D eigenvalue weighted by Gasteiger charge is 2.35. The average Bonchev–Trinajstić information content (AvgIpc) is 3.89. The number of H-pyrrole nitrogens is 4. The highest BCUT2D eigenvalue weighted by atomic mass is 16.9. The average molecular weight is 729 g/mol. The predicted octanol–water partition coefficient (Wildman–Crippen LogP) is 4.05. The van der Waals surface area contributed by atoms with E-state index in [-0.39, 0.29) is 16.8 Å². The van der Waals surface area contributed by atoms with Crippen molar-refractivity contribution < 1.29 is 29.5 Å². The molecule has 0 saturated heterocycles. The molecule has 52 heavy (non-hydrogen) atoms. The minimum Gasteiger partial charge on any atom is -0.466 e. The highest BCUT2D eigenvalue weighted by Crippen LogP contribution is 2.39. The number of fused-ring (bicyclic) bond motifs is 8. The number of esters is 1. The van der Waals surface area contributed by atoms with Gasteiger partial charge in [-0.25, -0.2) is 0 Å². The molecule has 5 heterocycles. The number of nitrogens with zero attached hydrogens (tertiary/aromatic N) is 2. The number of carbonyl (C=O) groups excluding carboxylic acids is 1. The molecule has 0 atom stereocenters. The molecule has 16 nitrogen and oxygen atoms in total. The van der Waals surface area contributed by atoms with Gasteiger partial charge in [-0.1, -0.05) is 27.7 Å². The molecular formula is C36H56N8O8. The summed E-state index contributed by atoms with van der Waals surface area (Å²) < 4.78 is 4.40. The van der Waals surface area contributed by atoms with Gasteiger partial charge >= 0.3 is 5.97 Å². The van der Waals surface area contributed by atoms with E-state index in [0.717, 1.165) is 51.9 Å². The second-order valence-corrected chi connectivity index (χ2v) is 13.2. The largest absolute Gasteiger partial charge is 0.466 e. The van der Waals surface area contributed by atoms with Crippen molar-refractivity contribution >= 4 is 5.97 Å². The monoisotopic (exact) mass is 728 g/mol. The molecule has 0 unspecified atom stereocenters. The fourth-order valence-corrected chi connectivity index (χ4v) is 7.23. The molecule has 4 aromatic heterocycles. The minimum absolute atomic E-state index is 0.0223. The van der Waals surface area contributed by atoms with Gasteiger partial charge in [-0.05, 0) is 81.1 Å². The molecule has 0 aliphatic carbocycles. The van der Waals surface area contributed by atoms with Crippen LogP contribution < -0.4 is 9.80 Å². The summed E-state index contributed by atoms with van der Waals surface area (Å²) in [7, 11) is 4.58. The van der Waals surface area contributed by atoms with Crippen molar-refractivity contribution in [1.82, 2.24) is 19.9 Å². The van der Waals surface area contributed by atoms with Crippen molar-refractivity contribution in [2.45, 2.75) is 104 Å². The predicted molar refractivity (Wildman–Crippen MR) is 198 cm³/mol. The number of hydrogen-bond acceptors (Lipinski definition) is 8. The molecule has 4 aromatic rings. The van der Waals surface area contributed by atoms with Gasteiger partial charge in [-0.2, -0.15) is 0 Å². The van der Waals surface area contributed by atoms with Crippen LogP contribution >= 0.6 is 0 Å². The fourth-order valence-electron chi connectivity index (χ4n) is 7.23. The van der Waals surface area contributed by atoms with Crippen molar-refractivity contribution in [3.05, 3.63) is 125 Å².